The van der Waals surface area contributed by atoms with Crippen LogP contribution in [0.5, 0.6) is 0 Å². The molecule has 0 N–H and O–H groups in total. The average Bonchev–Trinajstić information content (AvgIpc) is 3.05. The molecule has 25 heavy (non-hydrogen) atoms. The highest BCUT2D eigenvalue weighted by atomic mass is 19.1. The van der Waals surface area contributed by atoms with Crippen LogP contribution in [0.15, 0.2) is 42.9 Å². The van der Waals surface area contributed by atoms with Gasteiger partial charge >= 0.3 is 0 Å². The smallest absolute Gasteiger partial charge is 0.241 e. The second kappa shape index (κ2) is 6.07. The first-order valence-electron chi connectivity index (χ1n) is 8.36. The van der Waals surface area contributed by atoms with Crippen LogP contribution in [0.1, 0.15) is 6.42 Å². The Hall–Kier alpha value is -2.54. The first-order valence-corrected chi connectivity index (χ1v) is 8.36. The highest BCUT2D eigenvalue weighted by Gasteiger charge is 2.48. The minimum absolute atomic E-state index is 0.00308. The quantitative estimate of drug-likeness (QED) is 0.829. The monoisotopic (exact) mass is 341 g/mol. The van der Waals surface area contributed by atoms with Gasteiger partial charge in [0.15, 0.2) is 0 Å². The third kappa shape index (κ3) is 2.84. The van der Waals surface area contributed by atoms with E-state index in [0.717, 1.165) is 25.3 Å². The molecule has 1 amide bonds. The molecule has 2 aliphatic heterocycles. The number of likely N-dealkylation sites (N-methyl/N-ethyl adjacent to an activating group) is 1. The van der Waals surface area contributed by atoms with E-state index in [4.69, 9.17) is 0 Å². The Balaban J connectivity index is 1.60. The van der Waals surface area contributed by atoms with Crippen molar-refractivity contribution in [2.45, 2.75) is 12.0 Å². The number of hydrogen-bond donors (Lipinski definition) is 0. The summed E-state index contributed by atoms with van der Waals surface area (Å²) in [7, 11) is 1.99. The van der Waals surface area contributed by atoms with Gasteiger partial charge in [-0.15, -0.1) is 0 Å². The largest absolute Gasteiger partial charge is 0.353 e. The maximum Gasteiger partial charge on any atom is 0.241 e. The van der Waals surface area contributed by atoms with Gasteiger partial charge < -0.3 is 9.80 Å². The number of benzene rings is 1. The number of nitrogens with zero attached hydrogens (tertiary/aromatic N) is 5. The van der Waals surface area contributed by atoms with Crippen LogP contribution in [0.2, 0.25) is 0 Å². The van der Waals surface area contributed by atoms with Crippen LogP contribution < -0.4 is 9.80 Å². The molecular weight excluding hydrogens is 321 g/mol. The number of anilines is 2. The molecule has 3 heterocycles. The molecule has 1 spiro atoms. The summed E-state index contributed by atoms with van der Waals surface area (Å²) >= 11 is 0. The normalized spacial score (nSPS) is 24.3. The lowest BCUT2D eigenvalue weighted by Crippen LogP contribution is -2.64. The Kier molecular flexibility index (Phi) is 3.88. The van der Waals surface area contributed by atoms with Gasteiger partial charge in [-0.25, -0.2) is 9.37 Å². The summed E-state index contributed by atoms with van der Waals surface area (Å²) in [6, 6.07) is 6.25. The fraction of sp³-hybridized carbons (Fsp3) is 0.389. The number of carbonyl (C=O) groups is 1. The van der Waals surface area contributed by atoms with Crippen molar-refractivity contribution < 1.29 is 9.18 Å². The van der Waals surface area contributed by atoms with E-state index in [1.165, 1.54) is 12.1 Å². The van der Waals surface area contributed by atoms with Crippen LogP contribution in [0.3, 0.4) is 0 Å². The van der Waals surface area contributed by atoms with Crippen LogP contribution in [-0.4, -0.2) is 59.5 Å². The maximum atomic E-state index is 13.6. The van der Waals surface area contributed by atoms with Crippen LogP contribution >= 0.6 is 0 Å². The SMILES string of the molecule is CN1CC(=O)N(c2cccc(F)c2)C[C@]12CCN(c1cnccn1)C2. The van der Waals surface area contributed by atoms with Gasteiger partial charge in [0, 0.05) is 37.7 Å². The van der Waals surface area contributed by atoms with Crippen molar-refractivity contribution in [3.05, 3.63) is 48.7 Å². The summed E-state index contributed by atoms with van der Waals surface area (Å²) < 4.78 is 13.6. The number of carbonyl (C=O) groups excluding carboxylic acids is 1. The van der Waals surface area contributed by atoms with Gasteiger partial charge in [-0.05, 0) is 31.7 Å². The van der Waals surface area contributed by atoms with E-state index in [9.17, 15) is 9.18 Å². The summed E-state index contributed by atoms with van der Waals surface area (Å²) in [5, 5.41) is 0. The Bertz CT molecular complexity index is 786. The van der Waals surface area contributed by atoms with Gasteiger partial charge in [-0.2, -0.15) is 0 Å². The molecule has 0 bridgehead atoms. The summed E-state index contributed by atoms with van der Waals surface area (Å²) in [6.07, 6.45) is 6.02. The molecule has 0 radical (unpaired) electrons. The van der Waals surface area contributed by atoms with Crippen molar-refractivity contribution >= 4 is 17.4 Å². The lowest BCUT2D eigenvalue weighted by Gasteiger charge is -2.46. The van der Waals surface area contributed by atoms with Gasteiger partial charge in [-0.1, -0.05) is 6.07 Å². The molecule has 1 atom stereocenters. The fourth-order valence-corrected chi connectivity index (χ4v) is 3.79. The lowest BCUT2D eigenvalue weighted by atomic mass is 9.92. The van der Waals surface area contributed by atoms with Crippen molar-refractivity contribution in [3.8, 4) is 0 Å². The second-order valence-electron chi connectivity index (χ2n) is 6.78. The number of halogens is 1. The third-order valence-corrected chi connectivity index (χ3v) is 5.26. The number of amides is 1. The van der Waals surface area contributed by atoms with Gasteiger partial charge in [0.05, 0.1) is 18.3 Å². The molecule has 6 nitrogen and oxygen atoms in total. The zero-order chi connectivity index (χ0) is 17.4. The van der Waals surface area contributed by atoms with E-state index in [1.807, 2.05) is 7.05 Å². The summed E-state index contributed by atoms with van der Waals surface area (Å²) in [5.41, 5.74) is 0.452. The first-order chi connectivity index (χ1) is 12.1. The molecule has 2 fully saturated rings. The Morgan fingerprint density at radius 1 is 1.24 bits per heavy atom. The zero-order valence-corrected chi connectivity index (χ0v) is 14.1. The van der Waals surface area contributed by atoms with Crippen molar-refractivity contribution in [2.24, 2.45) is 0 Å². The molecule has 2 saturated heterocycles. The Morgan fingerprint density at radius 3 is 2.88 bits per heavy atom. The van der Waals surface area contributed by atoms with Crippen LogP contribution in [0.25, 0.3) is 0 Å². The average molecular weight is 341 g/mol. The molecule has 7 heteroatoms. The summed E-state index contributed by atoms with van der Waals surface area (Å²) in [4.78, 5) is 27.1. The third-order valence-electron chi connectivity index (χ3n) is 5.26. The van der Waals surface area contributed by atoms with Crippen molar-refractivity contribution in [2.75, 3.05) is 43.0 Å². The van der Waals surface area contributed by atoms with E-state index in [2.05, 4.69) is 19.8 Å². The highest BCUT2D eigenvalue weighted by molar-refractivity contribution is 5.96. The molecule has 2 aliphatic rings. The predicted octanol–water partition coefficient (Wildman–Crippen LogP) is 1.54. The van der Waals surface area contributed by atoms with E-state index >= 15 is 0 Å². The first kappa shape index (κ1) is 16.0. The number of hydrogen-bond acceptors (Lipinski definition) is 5. The van der Waals surface area contributed by atoms with Crippen LogP contribution in [-0.2, 0) is 4.79 Å². The molecule has 4 rings (SSSR count). The number of aromatic nitrogens is 2. The summed E-state index contributed by atoms with van der Waals surface area (Å²) in [5.74, 6) is 0.518. The van der Waals surface area contributed by atoms with Gasteiger partial charge in [0.1, 0.15) is 11.6 Å². The Morgan fingerprint density at radius 2 is 2.12 bits per heavy atom. The van der Waals surface area contributed by atoms with Crippen molar-refractivity contribution in [1.29, 1.82) is 0 Å². The molecular formula is C18H20FN5O. The fourth-order valence-electron chi connectivity index (χ4n) is 3.79. The van der Waals surface area contributed by atoms with E-state index in [-0.39, 0.29) is 17.3 Å². The molecule has 2 aromatic rings. The van der Waals surface area contributed by atoms with E-state index in [1.54, 1.807) is 35.6 Å². The second-order valence-corrected chi connectivity index (χ2v) is 6.78. The lowest BCUT2D eigenvalue weighted by molar-refractivity contribution is -0.123. The molecule has 130 valence electrons. The number of piperazine rings is 1. The zero-order valence-electron chi connectivity index (χ0n) is 14.1. The standard InChI is InChI=1S/C18H20FN5O/c1-22-11-17(25)24(15-4-2-3-14(19)9-15)13-18(22)5-8-23(12-18)16-10-20-6-7-21-16/h2-4,6-7,9-10H,5,8,11-13H2,1H3/t18-/m1/s1. The molecule has 0 unspecified atom stereocenters. The molecule has 1 aromatic carbocycles. The van der Waals surface area contributed by atoms with Gasteiger partial charge in [-0.3, -0.25) is 14.7 Å². The van der Waals surface area contributed by atoms with Gasteiger partial charge in [0.2, 0.25) is 5.91 Å². The maximum absolute atomic E-state index is 13.6. The topological polar surface area (TPSA) is 52.6 Å². The van der Waals surface area contributed by atoms with Crippen molar-refractivity contribution in [3.63, 3.8) is 0 Å². The highest BCUT2D eigenvalue weighted by Crippen LogP contribution is 2.34. The summed E-state index contributed by atoms with van der Waals surface area (Å²) in [6.45, 7) is 2.49. The minimum Gasteiger partial charge on any atom is -0.353 e. The predicted molar refractivity (Wildman–Crippen MR) is 93.0 cm³/mol. The Labute approximate surface area is 145 Å². The molecule has 0 aliphatic carbocycles. The van der Waals surface area contributed by atoms with Crippen molar-refractivity contribution in [1.82, 2.24) is 14.9 Å². The molecule has 1 aromatic heterocycles. The van der Waals surface area contributed by atoms with Gasteiger partial charge in [0.25, 0.3) is 0 Å². The van der Waals surface area contributed by atoms with Crippen LogP contribution in [0.4, 0.5) is 15.9 Å². The number of rotatable bonds is 2. The van der Waals surface area contributed by atoms with Crippen LogP contribution in [0, 0.1) is 5.82 Å². The van der Waals surface area contributed by atoms with E-state index < -0.39 is 0 Å². The van der Waals surface area contributed by atoms with E-state index in [0.29, 0.717) is 18.8 Å². The molecule has 0 saturated carbocycles. The minimum atomic E-state index is -0.328.